The van der Waals surface area contributed by atoms with Crippen LogP contribution >= 0.6 is 34.8 Å². The zero-order valence-corrected chi connectivity index (χ0v) is 18.5. The summed E-state index contributed by atoms with van der Waals surface area (Å²) in [5.41, 5.74) is 4.00. The molecule has 2 N–H and O–H groups in total. The molecule has 4 rings (SSSR count). The van der Waals surface area contributed by atoms with E-state index >= 15 is 0 Å². The second kappa shape index (κ2) is 9.28. The number of aliphatic hydroxyl groups is 1. The van der Waals surface area contributed by atoms with E-state index in [4.69, 9.17) is 44.9 Å². The van der Waals surface area contributed by atoms with Crippen molar-refractivity contribution in [1.82, 2.24) is 14.7 Å². The molecule has 2 aromatic carbocycles. The smallest absolute Gasteiger partial charge is 0.255 e. The van der Waals surface area contributed by atoms with E-state index in [1.807, 2.05) is 28.7 Å². The van der Waals surface area contributed by atoms with Gasteiger partial charge in [-0.1, -0.05) is 59.1 Å². The quantitative estimate of drug-likeness (QED) is 0.350. The molecule has 2 heterocycles. The number of hydrogen-bond donors (Lipinski definition) is 2. The molecule has 0 spiro atoms. The van der Waals surface area contributed by atoms with Crippen molar-refractivity contribution in [1.29, 1.82) is 0 Å². The first kappa shape index (κ1) is 21.7. The Kier molecular flexibility index (Phi) is 6.49. The van der Waals surface area contributed by atoms with Crippen LogP contribution in [-0.2, 0) is 0 Å². The van der Waals surface area contributed by atoms with Gasteiger partial charge in [0.1, 0.15) is 0 Å². The average Bonchev–Trinajstić information content (AvgIpc) is 3.13. The van der Waals surface area contributed by atoms with Gasteiger partial charge in [-0.15, -0.1) is 0 Å². The maximum Gasteiger partial charge on any atom is 0.255 e. The van der Waals surface area contributed by atoms with Gasteiger partial charge >= 0.3 is 0 Å². The van der Waals surface area contributed by atoms with Gasteiger partial charge in [-0.05, 0) is 36.8 Å². The predicted molar refractivity (Wildman–Crippen MR) is 125 cm³/mol. The highest BCUT2D eigenvalue weighted by molar-refractivity contribution is 6.31. The van der Waals surface area contributed by atoms with Crippen LogP contribution in [-0.4, -0.2) is 33.6 Å². The molecule has 5 nitrogen and oxygen atoms in total. The highest BCUT2D eigenvalue weighted by Crippen LogP contribution is 2.35. The summed E-state index contributed by atoms with van der Waals surface area (Å²) in [6.45, 7) is 0.346. The number of hydrogen-bond acceptors (Lipinski definition) is 3. The molecule has 1 amide bonds. The standard InChI is InChI=1S/C23H18Cl3N3O2/c24-16-6-2-14(3-7-16)20-21(15-4-8-17(25)9-5-15)29-13-18(26)12-19(22(29)28-20)23(31)27-10-1-11-30/h2-9,12-13,30H,1,10-11H2,(H,27,31). The van der Waals surface area contributed by atoms with Gasteiger partial charge in [-0.3, -0.25) is 9.20 Å². The number of fused-ring (bicyclic) bond motifs is 1. The van der Waals surface area contributed by atoms with E-state index in [0.717, 1.165) is 16.8 Å². The number of pyridine rings is 1. The average molecular weight is 475 g/mol. The first-order valence-electron chi connectivity index (χ1n) is 9.60. The lowest BCUT2D eigenvalue weighted by Crippen LogP contribution is -2.25. The van der Waals surface area contributed by atoms with E-state index < -0.39 is 0 Å². The molecule has 0 saturated heterocycles. The van der Waals surface area contributed by atoms with Crippen LogP contribution in [0.1, 0.15) is 16.8 Å². The number of aliphatic hydroxyl groups excluding tert-OH is 1. The normalized spacial score (nSPS) is 11.1. The minimum atomic E-state index is -0.309. The Morgan fingerprint density at radius 1 is 0.935 bits per heavy atom. The lowest BCUT2D eigenvalue weighted by Gasteiger charge is -2.09. The second-order valence-electron chi connectivity index (χ2n) is 6.92. The third kappa shape index (κ3) is 4.55. The fourth-order valence-corrected chi connectivity index (χ4v) is 3.81. The number of nitrogens with zero attached hydrogens (tertiary/aromatic N) is 2. The molecule has 0 aliphatic heterocycles. The van der Waals surface area contributed by atoms with E-state index in [1.165, 1.54) is 0 Å². The van der Waals surface area contributed by atoms with Crippen LogP contribution < -0.4 is 5.32 Å². The largest absolute Gasteiger partial charge is 0.396 e. The van der Waals surface area contributed by atoms with Crippen molar-refractivity contribution in [3.8, 4) is 22.5 Å². The van der Waals surface area contributed by atoms with Crippen LogP contribution in [0.2, 0.25) is 15.1 Å². The van der Waals surface area contributed by atoms with Gasteiger partial charge in [0.25, 0.3) is 5.91 Å². The molecule has 0 atom stereocenters. The Morgan fingerprint density at radius 3 is 2.16 bits per heavy atom. The van der Waals surface area contributed by atoms with Gasteiger partial charge in [0.05, 0.1) is 22.0 Å². The zero-order valence-electron chi connectivity index (χ0n) is 16.3. The van der Waals surface area contributed by atoms with Gasteiger partial charge in [0.15, 0.2) is 5.65 Å². The lowest BCUT2D eigenvalue weighted by molar-refractivity contribution is 0.0952. The van der Waals surface area contributed by atoms with Crippen molar-refractivity contribution < 1.29 is 9.90 Å². The first-order chi connectivity index (χ1) is 15.0. The van der Waals surface area contributed by atoms with Crippen LogP contribution in [0.4, 0.5) is 0 Å². The summed E-state index contributed by atoms with van der Waals surface area (Å²) in [6, 6.07) is 16.3. The molecule has 0 saturated carbocycles. The zero-order chi connectivity index (χ0) is 22.0. The van der Waals surface area contributed by atoms with Crippen LogP contribution in [0.25, 0.3) is 28.2 Å². The number of halogens is 3. The third-order valence-corrected chi connectivity index (χ3v) is 5.50. The molecule has 0 bridgehead atoms. The van der Waals surface area contributed by atoms with E-state index in [1.54, 1.807) is 36.5 Å². The Bertz CT molecular complexity index is 1240. The summed E-state index contributed by atoms with van der Waals surface area (Å²) in [4.78, 5) is 17.6. The Labute approximate surface area is 194 Å². The molecule has 0 aliphatic carbocycles. The minimum absolute atomic E-state index is 0.00393. The number of imidazole rings is 1. The highest BCUT2D eigenvalue weighted by atomic mass is 35.5. The fraction of sp³-hybridized carbons (Fsp3) is 0.130. The van der Waals surface area contributed by atoms with Gasteiger partial charge in [0.2, 0.25) is 0 Å². The summed E-state index contributed by atoms with van der Waals surface area (Å²) < 4.78 is 1.82. The molecular weight excluding hydrogens is 457 g/mol. The number of nitrogens with one attached hydrogen (secondary N) is 1. The molecule has 0 radical (unpaired) electrons. The Morgan fingerprint density at radius 2 is 1.55 bits per heavy atom. The van der Waals surface area contributed by atoms with Crippen molar-refractivity contribution >= 4 is 46.4 Å². The Balaban J connectivity index is 1.95. The maximum absolute atomic E-state index is 12.8. The lowest BCUT2D eigenvalue weighted by atomic mass is 10.0. The topological polar surface area (TPSA) is 66.6 Å². The van der Waals surface area contributed by atoms with Crippen LogP contribution in [0.5, 0.6) is 0 Å². The van der Waals surface area contributed by atoms with Crippen molar-refractivity contribution in [3.63, 3.8) is 0 Å². The monoisotopic (exact) mass is 473 g/mol. The van der Waals surface area contributed by atoms with Crippen molar-refractivity contribution in [2.45, 2.75) is 6.42 Å². The van der Waals surface area contributed by atoms with Crippen LogP contribution in [0, 0.1) is 0 Å². The SMILES string of the molecule is O=C(NCCCO)c1cc(Cl)cn2c(-c3ccc(Cl)cc3)c(-c3ccc(Cl)cc3)nc12. The fourth-order valence-electron chi connectivity index (χ4n) is 3.35. The van der Waals surface area contributed by atoms with E-state index in [0.29, 0.717) is 44.9 Å². The number of carbonyl (C=O) groups is 1. The molecule has 31 heavy (non-hydrogen) atoms. The highest BCUT2D eigenvalue weighted by Gasteiger charge is 2.21. The maximum atomic E-state index is 12.8. The number of rotatable bonds is 6. The summed E-state index contributed by atoms with van der Waals surface area (Å²) in [5.74, 6) is -0.309. The van der Waals surface area contributed by atoms with E-state index in [-0.39, 0.29) is 12.5 Å². The van der Waals surface area contributed by atoms with Crippen LogP contribution in [0.15, 0.2) is 60.8 Å². The summed E-state index contributed by atoms with van der Waals surface area (Å²) in [7, 11) is 0. The third-order valence-electron chi connectivity index (χ3n) is 4.79. The number of aromatic nitrogens is 2. The summed E-state index contributed by atoms with van der Waals surface area (Å²) >= 11 is 18.5. The van der Waals surface area contributed by atoms with Crippen molar-refractivity contribution in [2.24, 2.45) is 0 Å². The molecular formula is C23H18Cl3N3O2. The second-order valence-corrected chi connectivity index (χ2v) is 8.23. The van der Waals surface area contributed by atoms with Crippen molar-refractivity contribution in [2.75, 3.05) is 13.2 Å². The minimum Gasteiger partial charge on any atom is -0.396 e. The number of amides is 1. The first-order valence-corrected chi connectivity index (χ1v) is 10.7. The molecule has 158 valence electrons. The predicted octanol–water partition coefficient (Wildman–Crippen LogP) is 5.74. The van der Waals surface area contributed by atoms with Gasteiger partial charge < -0.3 is 10.4 Å². The van der Waals surface area contributed by atoms with Gasteiger partial charge in [-0.2, -0.15) is 0 Å². The van der Waals surface area contributed by atoms with E-state index in [9.17, 15) is 4.79 Å². The molecule has 0 aliphatic rings. The molecule has 0 unspecified atom stereocenters. The molecule has 0 fully saturated rings. The van der Waals surface area contributed by atoms with Crippen LogP contribution in [0.3, 0.4) is 0 Å². The number of carbonyl (C=O) groups excluding carboxylic acids is 1. The van der Waals surface area contributed by atoms with Gasteiger partial charge in [0, 0.05) is 40.5 Å². The summed E-state index contributed by atoms with van der Waals surface area (Å²) in [5, 5.41) is 13.4. The molecule has 8 heteroatoms. The van der Waals surface area contributed by atoms with Crippen molar-refractivity contribution in [3.05, 3.63) is 81.4 Å². The van der Waals surface area contributed by atoms with Gasteiger partial charge in [-0.25, -0.2) is 4.98 Å². The summed E-state index contributed by atoms with van der Waals surface area (Å²) in [6.07, 6.45) is 2.20. The van der Waals surface area contributed by atoms with E-state index in [2.05, 4.69) is 5.32 Å². The Hall–Kier alpha value is -2.57. The number of benzene rings is 2. The molecule has 4 aromatic rings. The molecule has 2 aromatic heterocycles.